The highest BCUT2D eigenvalue weighted by Crippen LogP contribution is 2.28. The van der Waals surface area contributed by atoms with Crippen LogP contribution in [0.15, 0.2) is 65.8 Å². The molecule has 0 saturated carbocycles. The molecule has 152 valence electrons. The van der Waals surface area contributed by atoms with Crippen LogP contribution >= 0.6 is 0 Å². The smallest absolute Gasteiger partial charge is 0.258 e. The fourth-order valence-corrected chi connectivity index (χ4v) is 3.27. The minimum atomic E-state index is -0.424. The summed E-state index contributed by atoms with van der Waals surface area (Å²) in [7, 11) is 1.84. The number of hydrogen-bond acceptors (Lipinski definition) is 5. The van der Waals surface area contributed by atoms with Gasteiger partial charge in [0.05, 0.1) is 15.3 Å². The van der Waals surface area contributed by atoms with Gasteiger partial charge in [0.25, 0.3) is 11.4 Å². The first-order valence-corrected chi connectivity index (χ1v) is 9.24. The highest BCUT2D eigenvalue weighted by atomic mass is 16.6. The summed E-state index contributed by atoms with van der Waals surface area (Å²) in [6.07, 6.45) is 7.37. The predicted molar refractivity (Wildman–Crippen MR) is 117 cm³/mol. The molecule has 0 aliphatic carbocycles. The van der Waals surface area contributed by atoms with Crippen LogP contribution in [0.3, 0.4) is 0 Å². The van der Waals surface area contributed by atoms with Crippen LogP contribution in [0.5, 0.6) is 0 Å². The second-order valence-electron chi connectivity index (χ2n) is 7.39. The Morgan fingerprint density at radius 2 is 1.37 bits per heavy atom. The van der Waals surface area contributed by atoms with Gasteiger partial charge in [-0.3, -0.25) is 20.2 Å². The van der Waals surface area contributed by atoms with Crippen LogP contribution in [-0.2, 0) is 0 Å². The zero-order valence-corrected chi connectivity index (χ0v) is 16.9. The van der Waals surface area contributed by atoms with Gasteiger partial charge in [0.15, 0.2) is 7.05 Å². The first kappa shape index (κ1) is 20.8. The van der Waals surface area contributed by atoms with E-state index >= 15 is 0 Å². The zero-order chi connectivity index (χ0) is 21.9. The lowest BCUT2D eigenvalue weighted by molar-refractivity contribution is -0.499. The van der Waals surface area contributed by atoms with Gasteiger partial charge < -0.3 is 0 Å². The molecule has 0 spiro atoms. The Bertz CT molecular complexity index is 1140. The van der Waals surface area contributed by atoms with Crippen molar-refractivity contribution in [1.29, 1.82) is 0 Å². The molecule has 0 amide bonds. The van der Waals surface area contributed by atoms with Crippen molar-refractivity contribution in [3.05, 3.63) is 92.0 Å². The van der Waals surface area contributed by atoms with Crippen molar-refractivity contribution in [3.63, 3.8) is 0 Å². The van der Waals surface area contributed by atoms with E-state index in [0.717, 1.165) is 17.0 Å². The molecule has 1 heterocycles. The summed E-state index contributed by atoms with van der Waals surface area (Å²) in [5.74, 6) is 0. The molecule has 0 radical (unpaired) electrons. The monoisotopic (exact) mass is 405 g/mol. The Balaban J connectivity index is 1.81. The number of allylic oxidation sites excluding steroid dienone is 2. The molecule has 3 rings (SSSR count). The summed E-state index contributed by atoms with van der Waals surface area (Å²) in [5, 5.41) is 26.5. The molecule has 2 aromatic carbocycles. The number of nitro benzene ring substituents is 2. The van der Waals surface area contributed by atoms with Gasteiger partial charge in [-0.15, -0.1) is 0 Å². The Labute approximate surface area is 173 Å². The molecule has 0 unspecified atom stereocenters. The van der Waals surface area contributed by atoms with E-state index < -0.39 is 15.3 Å². The summed E-state index contributed by atoms with van der Waals surface area (Å²) in [4.78, 5) is 21.1. The zero-order valence-electron chi connectivity index (χ0n) is 16.9. The van der Waals surface area contributed by atoms with Gasteiger partial charge in [-0.2, -0.15) is 0 Å². The summed E-state index contributed by atoms with van der Waals surface area (Å²) < 4.78 is 1.76. The van der Waals surface area contributed by atoms with Gasteiger partial charge in [0.1, 0.15) is 5.71 Å². The van der Waals surface area contributed by atoms with E-state index in [1.807, 2.05) is 39.1 Å². The van der Waals surface area contributed by atoms with Crippen LogP contribution in [0, 0.1) is 25.6 Å². The number of benzene rings is 2. The predicted octanol–water partition coefficient (Wildman–Crippen LogP) is 4.71. The summed E-state index contributed by atoms with van der Waals surface area (Å²) >= 11 is 0. The molecule has 0 atom stereocenters. The third-order valence-corrected chi connectivity index (χ3v) is 4.92. The van der Waals surface area contributed by atoms with Crippen LogP contribution < -0.4 is 0 Å². The molecule has 0 saturated heterocycles. The number of non-ortho nitro benzene ring substituents is 2. The van der Waals surface area contributed by atoms with Crippen molar-refractivity contribution in [2.45, 2.75) is 13.8 Å². The van der Waals surface area contributed by atoms with Crippen LogP contribution in [0.2, 0.25) is 0 Å². The number of hydrogen-bond donors (Lipinski definition) is 0. The summed E-state index contributed by atoms with van der Waals surface area (Å²) in [6.45, 7) is 4.06. The van der Waals surface area contributed by atoms with E-state index in [1.165, 1.54) is 24.3 Å². The lowest BCUT2D eigenvalue weighted by atomic mass is 9.82. The van der Waals surface area contributed by atoms with Gasteiger partial charge in [0.2, 0.25) is 5.71 Å². The van der Waals surface area contributed by atoms with Gasteiger partial charge in [0, 0.05) is 30.3 Å². The number of hydrazone groups is 1. The molecule has 0 N–H and O–H groups in total. The molecule has 1 aliphatic rings. The summed E-state index contributed by atoms with van der Waals surface area (Å²) in [5.41, 5.74) is 2.82. The molecule has 0 fully saturated rings. The average molecular weight is 405 g/mol. The number of rotatable bonds is 6. The minimum Gasteiger partial charge on any atom is -0.258 e. The fraction of sp³-hybridized carbons (Fsp3) is 0.182. The summed E-state index contributed by atoms with van der Waals surface area (Å²) in [6, 6.07) is 12.8. The third kappa shape index (κ3) is 4.38. The maximum absolute atomic E-state index is 11.0. The topological polar surface area (TPSA) is 102 Å². The Hall–Kier alpha value is -3.94. The van der Waals surface area contributed by atoms with Crippen LogP contribution in [-0.4, -0.2) is 33.0 Å². The molecule has 8 heteroatoms. The molecule has 1 aliphatic heterocycles. The van der Waals surface area contributed by atoms with Crippen molar-refractivity contribution in [1.82, 2.24) is 0 Å². The quantitative estimate of drug-likeness (QED) is 0.394. The number of nitro groups is 2. The van der Waals surface area contributed by atoms with E-state index in [1.54, 1.807) is 35.0 Å². The largest absolute Gasteiger partial charge is 0.270 e. The first-order valence-electron chi connectivity index (χ1n) is 9.24. The minimum absolute atomic E-state index is 0.0361. The lowest BCUT2D eigenvalue weighted by Crippen LogP contribution is -2.29. The van der Waals surface area contributed by atoms with Gasteiger partial charge in [-0.1, -0.05) is 35.0 Å². The van der Waals surface area contributed by atoms with E-state index in [0.29, 0.717) is 5.56 Å². The van der Waals surface area contributed by atoms with E-state index in [-0.39, 0.29) is 11.4 Å². The van der Waals surface area contributed by atoms with Crippen molar-refractivity contribution < 1.29 is 14.5 Å². The average Bonchev–Trinajstić information content (AvgIpc) is 2.92. The maximum atomic E-state index is 11.0. The maximum Gasteiger partial charge on any atom is 0.270 e. The van der Waals surface area contributed by atoms with Gasteiger partial charge in [-0.05, 0) is 42.2 Å². The van der Waals surface area contributed by atoms with Crippen molar-refractivity contribution in [2.24, 2.45) is 10.5 Å². The SMILES string of the molecule is C[N+]1=C(C=Cc2cccc([N+](=O)[O-])c2)C(C)(C)C(C=Cc2cccc([N+](=O)[O-])c2)=N1. The highest BCUT2D eigenvalue weighted by Gasteiger charge is 2.41. The fourth-order valence-electron chi connectivity index (χ4n) is 3.27. The van der Waals surface area contributed by atoms with E-state index in [2.05, 4.69) is 5.10 Å². The first-order chi connectivity index (χ1) is 14.2. The van der Waals surface area contributed by atoms with E-state index in [9.17, 15) is 20.2 Å². The standard InChI is InChI=1S/C22H21N4O4/c1-22(2)20(12-10-16-6-4-8-18(14-16)25(27)28)23-24(3)21(22)13-11-17-7-5-9-19(15-17)26(29)30/h4-15H,1-3H3/q+1. The normalized spacial score (nSPS) is 15.8. The molecular formula is C22H21N4O4+. The Morgan fingerprint density at radius 1 is 0.867 bits per heavy atom. The Morgan fingerprint density at radius 3 is 1.87 bits per heavy atom. The van der Waals surface area contributed by atoms with Crippen molar-refractivity contribution >= 4 is 35.0 Å². The van der Waals surface area contributed by atoms with Crippen molar-refractivity contribution in [3.8, 4) is 0 Å². The van der Waals surface area contributed by atoms with Crippen molar-refractivity contribution in [2.75, 3.05) is 7.05 Å². The second-order valence-corrected chi connectivity index (χ2v) is 7.39. The van der Waals surface area contributed by atoms with Gasteiger partial charge in [-0.25, -0.2) is 0 Å². The molecule has 8 nitrogen and oxygen atoms in total. The number of nitrogens with zero attached hydrogens (tertiary/aromatic N) is 4. The lowest BCUT2D eigenvalue weighted by Gasteiger charge is -2.14. The molecule has 30 heavy (non-hydrogen) atoms. The molecule has 2 aromatic rings. The molecule has 0 bridgehead atoms. The molecule has 0 aromatic heterocycles. The van der Waals surface area contributed by atoms with Crippen LogP contribution in [0.25, 0.3) is 12.2 Å². The van der Waals surface area contributed by atoms with Gasteiger partial charge >= 0.3 is 0 Å². The third-order valence-electron chi connectivity index (χ3n) is 4.92. The van der Waals surface area contributed by atoms with E-state index in [4.69, 9.17) is 0 Å². The second kappa shape index (κ2) is 8.20. The highest BCUT2D eigenvalue weighted by molar-refractivity contribution is 6.20. The molecular weight excluding hydrogens is 384 g/mol. The van der Waals surface area contributed by atoms with Crippen LogP contribution in [0.4, 0.5) is 11.4 Å². The van der Waals surface area contributed by atoms with Crippen LogP contribution in [0.1, 0.15) is 25.0 Å². The Kier molecular flexibility index (Phi) is 5.68.